The van der Waals surface area contributed by atoms with E-state index in [1.54, 1.807) is 0 Å². The number of rotatable bonds is 2. The molecule has 0 saturated carbocycles. The molecule has 0 spiro atoms. The molecule has 0 bridgehead atoms. The third kappa shape index (κ3) is 2.73. The first-order valence-electron chi connectivity index (χ1n) is 8.31. The molecule has 2 nitrogen and oxygen atoms in total. The van der Waals surface area contributed by atoms with Crippen molar-refractivity contribution in [3.05, 3.63) is 70.7 Å². The third-order valence-electron chi connectivity index (χ3n) is 4.68. The summed E-state index contributed by atoms with van der Waals surface area (Å²) in [6.45, 7) is 1.74. The van der Waals surface area contributed by atoms with Crippen molar-refractivity contribution in [3.8, 4) is 11.1 Å². The first-order chi connectivity index (χ1) is 11.7. The maximum atomic E-state index is 13.0. The van der Waals surface area contributed by atoms with Crippen molar-refractivity contribution in [3.63, 3.8) is 0 Å². The topological polar surface area (TPSA) is 20.3 Å². The highest BCUT2D eigenvalue weighted by atomic mass is 79.9. The van der Waals surface area contributed by atoms with Gasteiger partial charge in [0.2, 0.25) is 0 Å². The van der Waals surface area contributed by atoms with Crippen LogP contribution in [0.3, 0.4) is 0 Å². The molecular weight excluding hydrogens is 362 g/mol. The number of hydrogen-bond acceptors (Lipinski definition) is 1. The Balaban J connectivity index is 1.91. The molecule has 1 fully saturated rings. The molecule has 3 aromatic rings. The Kier molecular flexibility index (Phi) is 4.11. The van der Waals surface area contributed by atoms with Crippen molar-refractivity contribution < 1.29 is 4.79 Å². The molecule has 0 N–H and O–H groups in total. The maximum absolute atomic E-state index is 13.0. The Morgan fingerprint density at radius 2 is 1.54 bits per heavy atom. The molecule has 1 amide bonds. The van der Waals surface area contributed by atoms with Crippen LogP contribution in [0, 0.1) is 0 Å². The van der Waals surface area contributed by atoms with Crippen molar-refractivity contribution in [1.82, 2.24) is 4.90 Å². The fourth-order valence-corrected chi connectivity index (χ4v) is 3.74. The summed E-state index contributed by atoms with van der Waals surface area (Å²) in [5.74, 6) is 0.155. The van der Waals surface area contributed by atoms with Gasteiger partial charge in [0.25, 0.3) is 5.91 Å². The number of benzene rings is 3. The van der Waals surface area contributed by atoms with Crippen molar-refractivity contribution in [2.45, 2.75) is 12.8 Å². The highest BCUT2D eigenvalue weighted by molar-refractivity contribution is 9.10. The number of hydrogen-bond donors (Lipinski definition) is 0. The maximum Gasteiger partial charge on any atom is 0.254 e. The lowest BCUT2D eigenvalue weighted by molar-refractivity contribution is 0.0795. The van der Waals surface area contributed by atoms with E-state index in [0.717, 1.165) is 57.9 Å². The lowest BCUT2D eigenvalue weighted by atomic mass is 9.94. The SMILES string of the molecule is O=C(c1cccc2cccc(-c3ccc(Br)cc3)c12)N1CCCC1. The van der Waals surface area contributed by atoms with Crippen molar-refractivity contribution in [2.24, 2.45) is 0 Å². The van der Waals surface area contributed by atoms with Gasteiger partial charge < -0.3 is 4.90 Å². The van der Waals surface area contributed by atoms with Crippen molar-refractivity contribution in [1.29, 1.82) is 0 Å². The smallest absolute Gasteiger partial charge is 0.254 e. The summed E-state index contributed by atoms with van der Waals surface area (Å²) in [4.78, 5) is 15.0. The van der Waals surface area contributed by atoms with Crippen LogP contribution in [0.5, 0.6) is 0 Å². The molecule has 1 aliphatic heterocycles. The molecule has 0 aliphatic carbocycles. The van der Waals surface area contributed by atoms with Gasteiger partial charge in [-0.15, -0.1) is 0 Å². The lowest BCUT2D eigenvalue weighted by Gasteiger charge is -2.18. The number of carbonyl (C=O) groups excluding carboxylic acids is 1. The summed E-state index contributed by atoms with van der Waals surface area (Å²) in [5.41, 5.74) is 3.06. The number of nitrogens with zero attached hydrogens (tertiary/aromatic N) is 1. The van der Waals surface area contributed by atoms with E-state index in [1.165, 1.54) is 0 Å². The Morgan fingerprint density at radius 1 is 0.875 bits per heavy atom. The van der Waals surface area contributed by atoms with E-state index in [-0.39, 0.29) is 5.91 Å². The van der Waals surface area contributed by atoms with Gasteiger partial charge >= 0.3 is 0 Å². The zero-order valence-corrected chi connectivity index (χ0v) is 14.9. The van der Waals surface area contributed by atoms with Gasteiger partial charge in [0.1, 0.15) is 0 Å². The average molecular weight is 380 g/mol. The van der Waals surface area contributed by atoms with Gasteiger partial charge in [-0.25, -0.2) is 0 Å². The van der Waals surface area contributed by atoms with Gasteiger partial charge in [-0.2, -0.15) is 0 Å². The Bertz CT molecular complexity index is 890. The summed E-state index contributed by atoms with van der Waals surface area (Å²) in [7, 11) is 0. The molecule has 0 aromatic heterocycles. The number of likely N-dealkylation sites (tertiary alicyclic amines) is 1. The van der Waals surface area contributed by atoms with Crippen molar-refractivity contribution >= 4 is 32.6 Å². The molecule has 120 valence electrons. The van der Waals surface area contributed by atoms with E-state index in [9.17, 15) is 4.79 Å². The van der Waals surface area contributed by atoms with Crippen LogP contribution >= 0.6 is 15.9 Å². The first-order valence-corrected chi connectivity index (χ1v) is 9.10. The Morgan fingerprint density at radius 3 is 2.25 bits per heavy atom. The molecular formula is C21H18BrNO. The quantitative estimate of drug-likeness (QED) is 0.575. The fourth-order valence-electron chi connectivity index (χ4n) is 3.48. The second-order valence-electron chi connectivity index (χ2n) is 6.22. The van der Waals surface area contributed by atoms with Crippen LogP contribution < -0.4 is 0 Å². The van der Waals surface area contributed by atoms with Crippen molar-refractivity contribution in [2.75, 3.05) is 13.1 Å². The summed E-state index contributed by atoms with van der Waals surface area (Å²) < 4.78 is 1.06. The normalized spacial score (nSPS) is 14.3. The number of amides is 1. The summed E-state index contributed by atoms with van der Waals surface area (Å²) in [5, 5.41) is 2.17. The predicted octanol–water partition coefficient (Wildman–Crippen LogP) is 5.51. The van der Waals surface area contributed by atoms with Crippen LogP contribution in [0.2, 0.25) is 0 Å². The van der Waals surface area contributed by atoms with E-state index in [4.69, 9.17) is 0 Å². The highest BCUT2D eigenvalue weighted by Gasteiger charge is 2.22. The van der Waals surface area contributed by atoms with Gasteiger partial charge in [-0.3, -0.25) is 4.79 Å². The average Bonchev–Trinajstić information content (AvgIpc) is 3.15. The Hall–Kier alpha value is -2.13. The second-order valence-corrected chi connectivity index (χ2v) is 7.13. The van der Waals surface area contributed by atoms with Crippen LogP contribution in [0.15, 0.2) is 65.1 Å². The number of carbonyl (C=O) groups is 1. The van der Waals surface area contributed by atoms with Gasteiger partial charge in [0, 0.05) is 28.5 Å². The monoisotopic (exact) mass is 379 g/mol. The zero-order chi connectivity index (χ0) is 16.5. The van der Waals surface area contributed by atoms with Gasteiger partial charge in [0.05, 0.1) is 0 Å². The predicted molar refractivity (Wildman–Crippen MR) is 102 cm³/mol. The van der Waals surface area contributed by atoms with Gasteiger partial charge in [-0.05, 0) is 47.6 Å². The summed E-state index contributed by atoms with van der Waals surface area (Å²) >= 11 is 3.49. The van der Waals surface area contributed by atoms with Crippen LogP contribution in [-0.2, 0) is 0 Å². The summed E-state index contributed by atoms with van der Waals surface area (Å²) in [6.07, 6.45) is 2.21. The minimum absolute atomic E-state index is 0.155. The van der Waals surface area contributed by atoms with Crippen LogP contribution in [0.25, 0.3) is 21.9 Å². The van der Waals surface area contributed by atoms with Crippen LogP contribution in [-0.4, -0.2) is 23.9 Å². The molecule has 4 rings (SSSR count). The Labute approximate surface area is 150 Å². The van der Waals surface area contributed by atoms with E-state index in [2.05, 4.69) is 52.3 Å². The molecule has 1 aliphatic rings. The van der Waals surface area contributed by atoms with Gasteiger partial charge in [0.15, 0.2) is 0 Å². The lowest BCUT2D eigenvalue weighted by Crippen LogP contribution is -2.27. The molecule has 0 unspecified atom stereocenters. The molecule has 3 heteroatoms. The number of halogens is 1. The van der Waals surface area contributed by atoms with Gasteiger partial charge in [-0.1, -0.05) is 58.4 Å². The zero-order valence-electron chi connectivity index (χ0n) is 13.3. The molecule has 1 heterocycles. The van der Waals surface area contributed by atoms with E-state index < -0.39 is 0 Å². The number of fused-ring (bicyclic) bond motifs is 1. The first kappa shape index (κ1) is 15.4. The minimum atomic E-state index is 0.155. The van der Waals surface area contributed by atoms with E-state index in [0.29, 0.717) is 0 Å². The summed E-state index contributed by atoms with van der Waals surface area (Å²) in [6, 6.07) is 20.5. The standard InChI is InChI=1S/C21H18BrNO/c22-17-11-9-15(10-12-17)18-7-3-5-16-6-4-8-19(20(16)18)21(24)23-13-1-2-14-23/h3-12H,1-2,13-14H2. The highest BCUT2D eigenvalue weighted by Crippen LogP contribution is 2.33. The fraction of sp³-hybridized carbons (Fsp3) is 0.190. The molecule has 0 radical (unpaired) electrons. The molecule has 0 atom stereocenters. The van der Waals surface area contributed by atoms with Crippen LogP contribution in [0.4, 0.5) is 0 Å². The largest absolute Gasteiger partial charge is 0.339 e. The van der Waals surface area contributed by atoms with E-state index >= 15 is 0 Å². The minimum Gasteiger partial charge on any atom is -0.339 e. The molecule has 3 aromatic carbocycles. The third-order valence-corrected chi connectivity index (χ3v) is 5.21. The molecule has 24 heavy (non-hydrogen) atoms. The van der Waals surface area contributed by atoms with Crippen LogP contribution in [0.1, 0.15) is 23.2 Å². The van der Waals surface area contributed by atoms with E-state index in [1.807, 2.05) is 29.2 Å². The molecule has 1 saturated heterocycles. The second kappa shape index (κ2) is 6.40.